The Morgan fingerprint density at radius 3 is 2.67 bits per heavy atom. The van der Waals surface area contributed by atoms with Crippen molar-refractivity contribution in [3.63, 3.8) is 0 Å². The van der Waals surface area contributed by atoms with E-state index >= 15 is 0 Å². The van der Waals surface area contributed by atoms with Gasteiger partial charge in [0, 0.05) is 37.1 Å². The molecule has 0 radical (unpaired) electrons. The molecule has 3 rings (SSSR count). The van der Waals surface area contributed by atoms with Crippen LogP contribution in [0.25, 0.3) is 11.3 Å². The number of hydrogen-bond donors (Lipinski definition) is 2. The average molecular weight is 319 g/mol. The summed E-state index contributed by atoms with van der Waals surface area (Å²) in [5, 5.41) is 6.57. The van der Waals surface area contributed by atoms with Crippen LogP contribution in [0.2, 0.25) is 0 Å². The van der Waals surface area contributed by atoms with Gasteiger partial charge in [0.15, 0.2) is 0 Å². The van der Waals surface area contributed by atoms with Gasteiger partial charge >= 0.3 is 0 Å². The zero-order valence-corrected chi connectivity index (χ0v) is 14.0. The van der Waals surface area contributed by atoms with Crippen LogP contribution in [0.5, 0.6) is 0 Å². The van der Waals surface area contributed by atoms with Gasteiger partial charge < -0.3 is 10.6 Å². The van der Waals surface area contributed by atoms with Crippen LogP contribution < -0.4 is 10.6 Å². The van der Waals surface area contributed by atoms with Crippen molar-refractivity contribution in [3.8, 4) is 11.3 Å². The minimum Gasteiger partial charge on any atom is -0.366 e. The molecule has 2 aromatic heterocycles. The van der Waals surface area contributed by atoms with E-state index in [9.17, 15) is 0 Å². The number of nitrogens with one attached hydrogen (secondary N) is 2. The SMILES string of the molecule is CCNc1nc(NCc2cccc(C)c2)cc(-c2cccnc2)n1. The van der Waals surface area contributed by atoms with Crippen LogP contribution >= 0.6 is 0 Å². The van der Waals surface area contributed by atoms with Crippen molar-refractivity contribution in [3.05, 3.63) is 66.0 Å². The van der Waals surface area contributed by atoms with Gasteiger partial charge in [0.1, 0.15) is 5.82 Å². The topological polar surface area (TPSA) is 62.7 Å². The second-order valence-electron chi connectivity index (χ2n) is 5.58. The van der Waals surface area contributed by atoms with Crippen LogP contribution in [0, 0.1) is 6.92 Å². The van der Waals surface area contributed by atoms with E-state index in [0.717, 1.165) is 30.2 Å². The second kappa shape index (κ2) is 7.55. The van der Waals surface area contributed by atoms with Crippen LogP contribution in [-0.2, 0) is 6.54 Å². The molecule has 122 valence electrons. The molecule has 0 saturated carbocycles. The summed E-state index contributed by atoms with van der Waals surface area (Å²) in [5.74, 6) is 1.41. The maximum Gasteiger partial charge on any atom is 0.225 e. The Kier molecular flexibility index (Phi) is 5.01. The zero-order valence-electron chi connectivity index (χ0n) is 14.0. The third-order valence-corrected chi connectivity index (χ3v) is 3.57. The molecule has 0 amide bonds. The van der Waals surface area contributed by atoms with Crippen molar-refractivity contribution < 1.29 is 0 Å². The molecule has 0 unspecified atom stereocenters. The van der Waals surface area contributed by atoms with Crippen molar-refractivity contribution in [2.75, 3.05) is 17.2 Å². The fourth-order valence-electron chi connectivity index (χ4n) is 2.45. The molecule has 0 aliphatic carbocycles. The molecule has 2 N–H and O–H groups in total. The van der Waals surface area contributed by atoms with Gasteiger partial charge in [-0.25, -0.2) is 4.98 Å². The molecular formula is C19H21N5. The highest BCUT2D eigenvalue weighted by molar-refractivity contribution is 5.63. The normalized spacial score (nSPS) is 10.4. The molecule has 5 heteroatoms. The average Bonchev–Trinajstić information content (AvgIpc) is 2.61. The van der Waals surface area contributed by atoms with E-state index in [1.807, 2.05) is 31.3 Å². The molecule has 2 heterocycles. The van der Waals surface area contributed by atoms with E-state index < -0.39 is 0 Å². The van der Waals surface area contributed by atoms with Crippen LogP contribution in [-0.4, -0.2) is 21.5 Å². The fourth-order valence-corrected chi connectivity index (χ4v) is 2.45. The predicted molar refractivity (Wildman–Crippen MR) is 97.9 cm³/mol. The van der Waals surface area contributed by atoms with E-state index in [1.165, 1.54) is 11.1 Å². The number of rotatable bonds is 6. The van der Waals surface area contributed by atoms with E-state index in [-0.39, 0.29) is 0 Å². The molecule has 0 spiro atoms. The number of benzene rings is 1. The summed E-state index contributed by atoms with van der Waals surface area (Å²) >= 11 is 0. The predicted octanol–water partition coefficient (Wildman–Crippen LogP) is 3.89. The molecule has 0 atom stereocenters. The van der Waals surface area contributed by atoms with Crippen molar-refractivity contribution >= 4 is 11.8 Å². The summed E-state index contributed by atoms with van der Waals surface area (Å²) in [4.78, 5) is 13.3. The summed E-state index contributed by atoms with van der Waals surface area (Å²) in [5.41, 5.74) is 4.29. The minimum absolute atomic E-state index is 0.616. The van der Waals surface area contributed by atoms with Crippen LogP contribution in [0.1, 0.15) is 18.1 Å². The standard InChI is InChI=1S/C19H21N5/c1-3-21-19-23-17(16-8-5-9-20-13-16)11-18(24-19)22-12-15-7-4-6-14(2)10-15/h4-11,13H,3,12H2,1-2H3,(H2,21,22,23,24). The van der Waals surface area contributed by atoms with Gasteiger partial charge in [-0.3, -0.25) is 4.98 Å². The molecule has 1 aromatic carbocycles. The quantitative estimate of drug-likeness (QED) is 0.721. The van der Waals surface area contributed by atoms with Crippen molar-refractivity contribution in [2.45, 2.75) is 20.4 Å². The molecule has 0 fully saturated rings. The molecule has 24 heavy (non-hydrogen) atoms. The number of nitrogens with zero attached hydrogens (tertiary/aromatic N) is 3. The van der Waals surface area contributed by atoms with Gasteiger partial charge in [-0.05, 0) is 31.5 Å². The minimum atomic E-state index is 0.616. The number of aryl methyl sites for hydroxylation is 1. The van der Waals surface area contributed by atoms with E-state index in [4.69, 9.17) is 0 Å². The Bertz CT molecular complexity index is 802. The first-order valence-corrected chi connectivity index (χ1v) is 8.07. The third-order valence-electron chi connectivity index (χ3n) is 3.57. The molecule has 0 aliphatic rings. The van der Waals surface area contributed by atoms with Crippen molar-refractivity contribution in [2.24, 2.45) is 0 Å². The molecule has 0 aliphatic heterocycles. The molecule has 0 saturated heterocycles. The third kappa shape index (κ3) is 4.07. The lowest BCUT2D eigenvalue weighted by atomic mass is 10.1. The highest BCUT2D eigenvalue weighted by atomic mass is 15.1. The zero-order chi connectivity index (χ0) is 16.8. The number of anilines is 2. The summed E-state index contributed by atoms with van der Waals surface area (Å²) in [6.07, 6.45) is 3.56. The second-order valence-corrected chi connectivity index (χ2v) is 5.58. The number of pyridine rings is 1. The Balaban J connectivity index is 1.85. The lowest BCUT2D eigenvalue weighted by Crippen LogP contribution is -2.07. The lowest BCUT2D eigenvalue weighted by Gasteiger charge is -2.11. The van der Waals surface area contributed by atoms with Gasteiger partial charge in [0.05, 0.1) is 5.69 Å². The van der Waals surface area contributed by atoms with Gasteiger partial charge in [0.25, 0.3) is 0 Å². The van der Waals surface area contributed by atoms with Gasteiger partial charge in [-0.15, -0.1) is 0 Å². The van der Waals surface area contributed by atoms with Gasteiger partial charge in [-0.1, -0.05) is 29.8 Å². The molecule has 0 bridgehead atoms. The Morgan fingerprint density at radius 1 is 1.00 bits per heavy atom. The summed E-state index contributed by atoms with van der Waals surface area (Å²) in [6.45, 7) is 5.61. The van der Waals surface area contributed by atoms with Crippen molar-refractivity contribution in [1.82, 2.24) is 15.0 Å². The summed E-state index contributed by atoms with van der Waals surface area (Å²) in [6, 6.07) is 14.3. The lowest BCUT2D eigenvalue weighted by molar-refractivity contribution is 1.05. The van der Waals surface area contributed by atoms with Gasteiger partial charge in [-0.2, -0.15) is 4.98 Å². The molecule has 5 nitrogen and oxygen atoms in total. The van der Waals surface area contributed by atoms with E-state index in [1.54, 1.807) is 6.20 Å². The van der Waals surface area contributed by atoms with Crippen molar-refractivity contribution in [1.29, 1.82) is 0 Å². The fraction of sp³-hybridized carbons (Fsp3) is 0.211. The highest BCUT2D eigenvalue weighted by Crippen LogP contribution is 2.21. The monoisotopic (exact) mass is 319 g/mol. The van der Waals surface area contributed by atoms with Crippen LogP contribution in [0.4, 0.5) is 11.8 Å². The van der Waals surface area contributed by atoms with E-state index in [0.29, 0.717) is 5.95 Å². The first kappa shape index (κ1) is 15.9. The molecular weight excluding hydrogens is 298 g/mol. The maximum absolute atomic E-state index is 4.56. The largest absolute Gasteiger partial charge is 0.366 e. The number of hydrogen-bond acceptors (Lipinski definition) is 5. The van der Waals surface area contributed by atoms with Crippen LogP contribution in [0.3, 0.4) is 0 Å². The molecule has 3 aromatic rings. The Hall–Kier alpha value is -2.95. The van der Waals surface area contributed by atoms with E-state index in [2.05, 4.69) is 56.8 Å². The smallest absolute Gasteiger partial charge is 0.225 e. The van der Waals surface area contributed by atoms with Gasteiger partial charge in [0.2, 0.25) is 5.95 Å². The summed E-state index contributed by atoms with van der Waals surface area (Å²) in [7, 11) is 0. The highest BCUT2D eigenvalue weighted by Gasteiger charge is 2.06. The Labute approximate surface area is 142 Å². The first-order chi connectivity index (χ1) is 11.7. The maximum atomic E-state index is 4.56. The summed E-state index contributed by atoms with van der Waals surface area (Å²) < 4.78 is 0. The Morgan fingerprint density at radius 2 is 1.92 bits per heavy atom. The number of aromatic nitrogens is 3. The first-order valence-electron chi connectivity index (χ1n) is 8.07. The van der Waals surface area contributed by atoms with Crippen LogP contribution in [0.15, 0.2) is 54.9 Å².